The quantitative estimate of drug-likeness (QED) is 0.773. The molecule has 1 aromatic heterocycles. The first-order chi connectivity index (χ1) is 11.3. The SMILES string of the molecule is Oc1ccc2ccccc2c1[C@H](c1cccs1)N1CCNCC1. The number of nitrogens with zero attached hydrogens (tertiary/aromatic N) is 1. The van der Waals surface area contributed by atoms with Crippen LogP contribution in [-0.4, -0.2) is 36.2 Å². The molecule has 2 aromatic carbocycles. The van der Waals surface area contributed by atoms with Crippen molar-refractivity contribution in [2.45, 2.75) is 6.04 Å². The topological polar surface area (TPSA) is 35.5 Å². The third-order valence-electron chi connectivity index (χ3n) is 4.55. The van der Waals surface area contributed by atoms with Crippen molar-refractivity contribution in [3.63, 3.8) is 0 Å². The third kappa shape index (κ3) is 2.74. The minimum absolute atomic E-state index is 0.114. The fourth-order valence-corrected chi connectivity index (χ4v) is 4.33. The Balaban J connectivity index is 1.91. The average Bonchev–Trinajstić information content (AvgIpc) is 3.12. The highest BCUT2D eigenvalue weighted by molar-refractivity contribution is 7.10. The predicted molar refractivity (Wildman–Crippen MR) is 96.2 cm³/mol. The number of fused-ring (bicyclic) bond motifs is 1. The molecule has 0 bridgehead atoms. The minimum atomic E-state index is 0.114. The highest BCUT2D eigenvalue weighted by atomic mass is 32.1. The van der Waals surface area contributed by atoms with Gasteiger partial charge >= 0.3 is 0 Å². The zero-order chi connectivity index (χ0) is 15.6. The van der Waals surface area contributed by atoms with Crippen molar-refractivity contribution in [1.29, 1.82) is 0 Å². The number of hydrogen-bond acceptors (Lipinski definition) is 4. The van der Waals surface area contributed by atoms with Crippen LogP contribution < -0.4 is 5.32 Å². The number of aromatic hydroxyl groups is 1. The molecular formula is C19H20N2OS. The second kappa shape index (κ2) is 6.32. The Labute approximate surface area is 140 Å². The molecule has 2 heterocycles. The van der Waals surface area contributed by atoms with Gasteiger partial charge in [0.15, 0.2) is 0 Å². The molecule has 1 aliphatic heterocycles. The summed E-state index contributed by atoms with van der Waals surface area (Å²) in [5.74, 6) is 0.389. The number of piperazine rings is 1. The van der Waals surface area contributed by atoms with E-state index in [-0.39, 0.29) is 6.04 Å². The van der Waals surface area contributed by atoms with Crippen molar-refractivity contribution in [2.24, 2.45) is 0 Å². The maximum Gasteiger partial charge on any atom is 0.121 e. The van der Waals surface area contributed by atoms with E-state index in [1.807, 2.05) is 18.2 Å². The van der Waals surface area contributed by atoms with Crippen LogP contribution in [0, 0.1) is 0 Å². The maximum absolute atomic E-state index is 10.7. The van der Waals surface area contributed by atoms with Crippen molar-refractivity contribution < 1.29 is 5.11 Å². The summed E-state index contributed by atoms with van der Waals surface area (Å²) in [4.78, 5) is 3.77. The fraction of sp³-hybridized carbons (Fsp3) is 0.263. The van der Waals surface area contributed by atoms with Crippen molar-refractivity contribution in [1.82, 2.24) is 10.2 Å². The van der Waals surface area contributed by atoms with E-state index in [2.05, 4.69) is 45.9 Å². The summed E-state index contributed by atoms with van der Waals surface area (Å²) in [6.45, 7) is 3.97. The van der Waals surface area contributed by atoms with Gasteiger partial charge in [-0.2, -0.15) is 0 Å². The highest BCUT2D eigenvalue weighted by Crippen LogP contribution is 2.40. The largest absolute Gasteiger partial charge is 0.508 e. The summed E-state index contributed by atoms with van der Waals surface area (Å²) >= 11 is 1.76. The lowest BCUT2D eigenvalue weighted by Crippen LogP contribution is -2.45. The molecule has 0 amide bonds. The molecule has 3 aromatic rings. The second-order valence-corrected chi connectivity index (χ2v) is 6.90. The maximum atomic E-state index is 10.7. The molecule has 1 fully saturated rings. The molecule has 0 saturated carbocycles. The van der Waals surface area contributed by atoms with Crippen LogP contribution in [0.25, 0.3) is 10.8 Å². The van der Waals surface area contributed by atoms with Crippen LogP contribution in [0.5, 0.6) is 5.75 Å². The Bertz CT molecular complexity index is 794. The Morgan fingerprint density at radius 3 is 2.61 bits per heavy atom. The van der Waals surface area contributed by atoms with Gasteiger partial charge < -0.3 is 10.4 Å². The highest BCUT2D eigenvalue weighted by Gasteiger charge is 2.28. The van der Waals surface area contributed by atoms with Crippen LogP contribution in [0.15, 0.2) is 53.9 Å². The number of thiophene rings is 1. The minimum Gasteiger partial charge on any atom is -0.508 e. The molecule has 4 heteroatoms. The van der Waals surface area contributed by atoms with E-state index >= 15 is 0 Å². The summed E-state index contributed by atoms with van der Waals surface area (Å²) in [5.41, 5.74) is 1.03. The van der Waals surface area contributed by atoms with Gasteiger partial charge in [0.1, 0.15) is 5.75 Å². The van der Waals surface area contributed by atoms with E-state index < -0.39 is 0 Å². The lowest BCUT2D eigenvalue weighted by atomic mass is 9.95. The van der Waals surface area contributed by atoms with Crippen LogP contribution in [-0.2, 0) is 0 Å². The number of nitrogens with one attached hydrogen (secondary N) is 1. The van der Waals surface area contributed by atoms with Gasteiger partial charge in [-0.1, -0.05) is 36.4 Å². The molecule has 0 unspecified atom stereocenters. The van der Waals surface area contributed by atoms with Gasteiger partial charge in [0.2, 0.25) is 0 Å². The van der Waals surface area contributed by atoms with Crippen molar-refractivity contribution in [2.75, 3.05) is 26.2 Å². The molecule has 2 N–H and O–H groups in total. The monoisotopic (exact) mass is 324 g/mol. The fourth-order valence-electron chi connectivity index (χ4n) is 3.46. The van der Waals surface area contributed by atoms with Crippen LogP contribution in [0.2, 0.25) is 0 Å². The van der Waals surface area contributed by atoms with E-state index in [0.29, 0.717) is 5.75 Å². The van der Waals surface area contributed by atoms with Gasteiger partial charge in [0, 0.05) is 36.6 Å². The Morgan fingerprint density at radius 1 is 1.00 bits per heavy atom. The lowest BCUT2D eigenvalue weighted by Gasteiger charge is -2.35. The van der Waals surface area contributed by atoms with Crippen molar-refractivity contribution >= 4 is 22.1 Å². The van der Waals surface area contributed by atoms with Gasteiger partial charge in [-0.15, -0.1) is 11.3 Å². The first kappa shape index (κ1) is 14.7. The van der Waals surface area contributed by atoms with Crippen LogP contribution in [0.1, 0.15) is 16.5 Å². The van der Waals surface area contributed by atoms with Crippen LogP contribution in [0.3, 0.4) is 0 Å². The second-order valence-electron chi connectivity index (χ2n) is 5.92. The molecule has 3 nitrogen and oxygen atoms in total. The van der Waals surface area contributed by atoms with E-state index in [1.54, 1.807) is 11.3 Å². The van der Waals surface area contributed by atoms with E-state index in [1.165, 1.54) is 10.3 Å². The first-order valence-corrected chi connectivity index (χ1v) is 8.91. The van der Waals surface area contributed by atoms with Gasteiger partial charge in [0.05, 0.1) is 6.04 Å². The normalized spacial score (nSPS) is 17.4. The third-order valence-corrected chi connectivity index (χ3v) is 5.48. The van der Waals surface area contributed by atoms with Crippen LogP contribution >= 0.6 is 11.3 Å². The number of phenolic OH excluding ortho intramolecular Hbond substituents is 1. The van der Waals surface area contributed by atoms with Gasteiger partial charge in [0.25, 0.3) is 0 Å². The molecule has 0 aliphatic carbocycles. The Hall–Kier alpha value is -1.88. The standard InChI is InChI=1S/C19H20N2OS/c22-16-8-7-14-4-1-2-5-15(14)18(16)19(17-6-3-13-23-17)21-11-9-20-10-12-21/h1-8,13,19-20,22H,9-12H2/t19-/m0/s1. The Morgan fingerprint density at radius 2 is 1.83 bits per heavy atom. The summed E-state index contributed by atoms with van der Waals surface area (Å²) in [7, 11) is 0. The zero-order valence-corrected chi connectivity index (χ0v) is 13.7. The van der Waals surface area contributed by atoms with E-state index in [9.17, 15) is 5.11 Å². The molecule has 0 radical (unpaired) electrons. The summed E-state index contributed by atoms with van der Waals surface area (Å²) < 4.78 is 0. The number of benzene rings is 2. The summed E-state index contributed by atoms with van der Waals surface area (Å²) in [6, 6.07) is 16.5. The average molecular weight is 324 g/mol. The molecule has 118 valence electrons. The van der Waals surface area contributed by atoms with E-state index in [0.717, 1.165) is 37.1 Å². The molecule has 1 saturated heterocycles. The van der Waals surface area contributed by atoms with Crippen LogP contribution in [0.4, 0.5) is 0 Å². The first-order valence-electron chi connectivity index (χ1n) is 8.03. The number of rotatable bonds is 3. The smallest absolute Gasteiger partial charge is 0.121 e. The molecule has 23 heavy (non-hydrogen) atoms. The van der Waals surface area contributed by atoms with Gasteiger partial charge in [-0.05, 0) is 28.3 Å². The molecule has 0 spiro atoms. The predicted octanol–water partition coefficient (Wildman–Crippen LogP) is 3.60. The van der Waals surface area contributed by atoms with E-state index in [4.69, 9.17) is 0 Å². The Kier molecular flexibility index (Phi) is 4.04. The summed E-state index contributed by atoms with van der Waals surface area (Å²) in [6.07, 6.45) is 0. The molecule has 1 aliphatic rings. The molecule has 4 rings (SSSR count). The molecular weight excluding hydrogens is 304 g/mol. The van der Waals surface area contributed by atoms with Crippen molar-refractivity contribution in [3.05, 3.63) is 64.4 Å². The number of phenols is 1. The van der Waals surface area contributed by atoms with Crippen molar-refractivity contribution in [3.8, 4) is 5.75 Å². The van der Waals surface area contributed by atoms with Gasteiger partial charge in [-0.3, -0.25) is 4.90 Å². The molecule has 1 atom stereocenters. The summed E-state index contributed by atoms with van der Waals surface area (Å²) in [5, 5.41) is 18.5. The number of hydrogen-bond donors (Lipinski definition) is 2. The zero-order valence-electron chi connectivity index (χ0n) is 12.9. The van der Waals surface area contributed by atoms with Gasteiger partial charge in [-0.25, -0.2) is 0 Å². The lowest BCUT2D eigenvalue weighted by molar-refractivity contribution is 0.199.